The van der Waals surface area contributed by atoms with E-state index in [0.29, 0.717) is 35.0 Å². The van der Waals surface area contributed by atoms with Crippen LogP contribution in [-0.2, 0) is 9.59 Å². The smallest absolute Gasteiger partial charge is 0.251 e. The molecule has 0 bridgehead atoms. The van der Waals surface area contributed by atoms with Gasteiger partial charge in [0.2, 0.25) is 5.78 Å². The highest BCUT2D eigenvalue weighted by Gasteiger charge is 2.48. The number of nitrogens with zero attached hydrogens (tertiary/aromatic N) is 4. The Balaban J connectivity index is 1.79. The fraction of sp³-hybridized carbons (Fsp3) is 0.259. The summed E-state index contributed by atoms with van der Waals surface area (Å²) >= 11 is 0. The summed E-state index contributed by atoms with van der Waals surface area (Å²) in [7, 11) is 3.94. The highest BCUT2D eigenvalue weighted by Crippen LogP contribution is 2.40. The second kappa shape index (κ2) is 10.1. The van der Waals surface area contributed by atoms with E-state index in [4.69, 9.17) is 4.74 Å². The third-order valence-electron chi connectivity index (χ3n) is 5.76. The molecule has 3 aromatic rings. The van der Waals surface area contributed by atoms with Gasteiger partial charge >= 0.3 is 0 Å². The van der Waals surface area contributed by atoms with Gasteiger partial charge < -0.3 is 19.6 Å². The predicted octanol–water partition coefficient (Wildman–Crippen LogP) is 3.66. The van der Waals surface area contributed by atoms with Gasteiger partial charge in [0.15, 0.2) is 5.76 Å². The molecule has 0 radical (unpaired) electrons. The third-order valence-corrected chi connectivity index (χ3v) is 5.76. The van der Waals surface area contributed by atoms with E-state index in [1.807, 2.05) is 38.1 Å². The number of ketones is 2. The van der Waals surface area contributed by atoms with E-state index < -0.39 is 17.6 Å². The molecular weight excluding hydrogens is 444 g/mol. The third kappa shape index (κ3) is 5.07. The van der Waals surface area contributed by atoms with Gasteiger partial charge in [-0.05, 0) is 64.3 Å². The summed E-state index contributed by atoms with van der Waals surface area (Å²) in [4.78, 5) is 30.0. The fourth-order valence-corrected chi connectivity index (χ4v) is 3.82. The first-order valence-corrected chi connectivity index (χ1v) is 11.3. The lowest BCUT2D eigenvalue weighted by Gasteiger charge is -2.26. The standard InChI is InChI=1S/C27H28N4O4/c1-17-5-8-19(9-6-17)25(32)24-27(34)26(33)23(22-14-7-18(2)28-29-22)31(24)20-10-12-21(13-11-20)35-16-15-30(3)4/h5-14,23,32H,15-16H2,1-4H3. The zero-order valence-electron chi connectivity index (χ0n) is 20.2. The van der Waals surface area contributed by atoms with Crippen LogP contribution < -0.4 is 9.64 Å². The normalized spacial score (nSPS) is 17.3. The minimum absolute atomic E-state index is 0.0903. The van der Waals surface area contributed by atoms with Crippen molar-refractivity contribution >= 4 is 23.0 Å². The quantitative estimate of drug-likeness (QED) is 0.316. The van der Waals surface area contributed by atoms with E-state index in [1.165, 1.54) is 4.90 Å². The molecule has 0 aliphatic carbocycles. The lowest BCUT2D eigenvalue weighted by Crippen LogP contribution is -2.26. The Morgan fingerprint density at radius 2 is 1.66 bits per heavy atom. The number of aryl methyl sites for hydroxylation is 2. The average Bonchev–Trinajstić information content (AvgIpc) is 3.10. The molecule has 4 rings (SSSR count). The van der Waals surface area contributed by atoms with E-state index in [2.05, 4.69) is 10.2 Å². The van der Waals surface area contributed by atoms with Crippen LogP contribution in [0.15, 0.2) is 66.4 Å². The number of likely N-dealkylation sites (N-methyl/N-ethyl adjacent to an activating group) is 1. The molecular formula is C27H28N4O4. The van der Waals surface area contributed by atoms with Crippen LogP contribution in [0.4, 0.5) is 5.69 Å². The van der Waals surface area contributed by atoms with Gasteiger partial charge in [0.25, 0.3) is 5.78 Å². The Kier molecular flexibility index (Phi) is 6.93. The zero-order valence-corrected chi connectivity index (χ0v) is 20.2. The zero-order chi connectivity index (χ0) is 25.1. The second-order valence-corrected chi connectivity index (χ2v) is 8.77. The minimum Gasteiger partial charge on any atom is -0.505 e. The van der Waals surface area contributed by atoms with E-state index in [9.17, 15) is 14.7 Å². The molecule has 180 valence electrons. The summed E-state index contributed by atoms with van der Waals surface area (Å²) in [5.41, 5.74) is 2.92. The van der Waals surface area contributed by atoms with Crippen molar-refractivity contribution in [1.29, 1.82) is 0 Å². The number of benzene rings is 2. The molecule has 1 atom stereocenters. The van der Waals surface area contributed by atoms with Gasteiger partial charge in [-0.3, -0.25) is 9.59 Å². The first kappa shape index (κ1) is 24.1. The molecule has 8 heteroatoms. The maximum atomic E-state index is 13.2. The maximum Gasteiger partial charge on any atom is 0.251 e. The van der Waals surface area contributed by atoms with Crippen molar-refractivity contribution in [2.75, 3.05) is 32.1 Å². The van der Waals surface area contributed by atoms with Gasteiger partial charge in [0.1, 0.15) is 24.1 Å². The number of allylic oxidation sites excluding steroid dienone is 1. The van der Waals surface area contributed by atoms with Crippen LogP contribution in [0.25, 0.3) is 5.76 Å². The number of hydrogen-bond acceptors (Lipinski definition) is 8. The molecule has 1 saturated heterocycles. The highest BCUT2D eigenvalue weighted by atomic mass is 16.5. The summed E-state index contributed by atoms with van der Waals surface area (Å²) in [5, 5.41) is 19.4. The molecule has 1 aromatic heterocycles. The van der Waals surface area contributed by atoms with Crippen LogP contribution in [0.1, 0.15) is 28.6 Å². The van der Waals surface area contributed by atoms with Gasteiger partial charge in [-0.15, -0.1) is 0 Å². The van der Waals surface area contributed by atoms with Gasteiger partial charge in [-0.2, -0.15) is 10.2 Å². The van der Waals surface area contributed by atoms with Gasteiger partial charge in [0.05, 0.1) is 11.4 Å². The van der Waals surface area contributed by atoms with E-state index >= 15 is 0 Å². The number of aromatic nitrogens is 2. The number of aliphatic hydroxyl groups is 1. The number of aliphatic hydroxyl groups excluding tert-OH is 1. The number of carbonyl (C=O) groups excluding carboxylic acids is 2. The van der Waals surface area contributed by atoms with Gasteiger partial charge in [-0.25, -0.2) is 0 Å². The predicted molar refractivity (Wildman–Crippen MR) is 133 cm³/mol. The Morgan fingerprint density at radius 3 is 2.26 bits per heavy atom. The van der Waals surface area contributed by atoms with E-state index in [0.717, 1.165) is 12.1 Å². The van der Waals surface area contributed by atoms with Crippen molar-refractivity contribution < 1.29 is 19.4 Å². The fourth-order valence-electron chi connectivity index (χ4n) is 3.82. The van der Waals surface area contributed by atoms with Crippen molar-refractivity contribution in [3.8, 4) is 5.75 Å². The number of hydrogen-bond donors (Lipinski definition) is 1. The van der Waals surface area contributed by atoms with Crippen molar-refractivity contribution in [3.63, 3.8) is 0 Å². The van der Waals surface area contributed by atoms with Crippen LogP contribution in [0.3, 0.4) is 0 Å². The molecule has 8 nitrogen and oxygen atoms in total. The van der Waals surface area contributed by atoms with Crippen LogP contribution in [-0.4, -0.2) is 59.0 Å². The monoisotopic (exact) mass is 472 g/mol. The Bertz CT molecular complexity index is 1250. The minimum atomic E-state index is -1.04. The molecule has 1 N–H and O–H groups in total. The van der Waals surface area contributed by atoms with Crippen LogP contribution in [0.2, 0.25) is 0 Å². The molecule has 2 aromatic carbocycles. The molecule has 1 aliphatic rings. The summed E-state index contributed by atoms with van der Waals surface area (Å²) < 4.78 is 5.78. The first-order chi connectivity index (χ1) is 16.8. The summed E-state index contributed by atoms with van der Waals surface area (Å²) in [6.45, 7) is 5.01. The summed E-state index contributed by atoms with van der Waals surface area (Å²) in [6.07, 6.45) is 0. The largest absolute Gasteiger partial charge is 0.505 e. The van der Waals surface area contributed by atoms with Crippen LogP contribution >= 0.6 is 0 Å². The maximum absolute atomic E-state index is 13.2. The topological polar surface area (TPSA) is 95.9 Å². The lowest BCUT2D eigenvalue weighted by atomic mass is 10.1. The van der Waals surface area contributed by atoms with Crippen molar-refractivity contribution in [1.82, 2.24) is 15.1 Å². The molecule has 2 heterocycles. The molecule has 0 amide bonds. The summed E-state index contributed by atoms with van der Waals surface area (Å²) in [5.74, 6) is -1.06. The highest BCUT2D eigenvalue weighted by molar-refractivity contribution is 6.50. The van der Waals surface area contributed by atoms with Crippen molar-refractivity contribution in [2.45, 2.75) is 19.9 Å². The number of Topliss-reactive ketones (excluding diaryl/α,β-unsaturated/α-hetero) is 2. The number of ether oxygens (including phenoxy) is 1. The molecule has 1 fully saturated rings. The Labute approximate surface area is 204 Å². The van der Waals surface area contributed by atoms with Crippen molar-refractivity contribution in [3.05, 3.63) is 88.9 Å². The Morgan fingerprint density at radius 1 is 0.971 bits per heavy atom. The average molecular weight is 473 g/mol. The first-order valence-electron chi connectivity index (χ1n) is 11.3. The van der Waals surface area contributed by atoms with E-state index in [-0.39, 0.29) is 11.5 Å². The lowest BCUT2D eigenvalue weighted by molar-refractivity contribution is -0.133. The summed E-state index contributed by atoms with van der Waals surface area (Å²) in [6, 6.07) is 16.5. The second-order valence-electron chi connectivity index (χ2n) is 8.77. The van der Waals surface area contributed by atoms with Gasteiger partial charge in [0, 0.05) is 17.8 Å². The Hall–Kier alpha value is -4.04. The van der Waals surface area contributed by atoms with Crippen LogP contribution in [0, 0.1) is 13.8 Å². The number of anilines is 1. The molecule has 35 heavy (non-hydrogen) atoms. The van der Waals surface area contributed by atoms with Crippen molar-refractivity contribution in [2.24, 2.45) is 0 Å². The van der Waals surface area contributed by atoms with E-state index in [1.54, 1.807) is 55.5 Å². The number of rotatable bonds is 7. The number of carbonyl (C=O) groups is 2. The molecule has 0 saturated carbocycles. The molecule has 1 aliphatic heterocycles. The SMILES string of the molecule is Cc1ccc(C(O)=C2C(=O)C(=O)C(c3ccc(C)nn3)N2c2ccc(OCCN(C)C)cc2)cc1. The molecule has 1 unspecified atom stereocenters. The molecule has 0 spiro atoms. The van der Waals surface area contributed by atoms with Gasteiger partial charge in [-0.1, -0.05) is 29.8 Å². The van der Waals surface area contributed by atoms with Crippen LogP contribution in [0.5, 0.6) is 5.75 Å².